The number of methoxy groups -OCH3 is 1. The van der Waals surface area contributed by atoms with Crippen molar-refractivity contribution in [3.63, 3.8) is 0 Å². The molecule has 6 nitrogen and oxygen atoms in total. The maximum absolute atomic E-state index is 11.6. The van der Waals surface area contributed by atoms with E-state index in [4.69, 9.17) is 4.74 Å². The molecule has 0 aliphatic rings. The molecule has 0 unspecified atom stereocenters. The Hall–Kier alpha value is -1.21. The number of hydrogen-bond acceptors (Lipinski definition) is 6. The van der Waals surface area contributed by atoms with Crippen LogP contribution in [0.5, 0.6) is 0 Å². The van der Waals surface area contributed by atoms with Crippen LogP contribution in [0.3, 0.4) is 0 Å². The maximum Gasteiger partial charge on any atom is 0.282 e. The molecule has 0 radical (unpaired) electrons. The predicted molar refractivity (Wildman–Crippen MR) is 67.5 cm³/mol. The number of carbonyl (C=O) groups is 1. The predicted octanol–water partition coefficient (Wildman–Crippen LogP) is 1.13. The molecule has 0 saturated carbocycles. The summed E-state index contributed by atoms with van der Waals surface area (Å²) in [6.45, 7) is 1.44. The number of carbonyl (C=O) groups excluding carboxylic acids is 1. The summed E-state index contributed by atoms with van der Waals surface area (Å²) in [5.41, 5.74) is 0. The van der Waals surface area contributed by atoms with Gasteiger partial charge in [0, 0.05) is 27.3 Å². The first kappa shape index (κ1) is 13.9. The van der Waals surface area contributed by atoms with Crippen molar-refractivity contribution >= 4 is 22.4 Å². The first-order valence-corrected chi connectivity index (χ1v) is 6.38. The van der Waals surface area contributed by atoms with Crippen LogP contribution in [-0.4, -0.2) is 43.4 Å². The van der Waals surface area contributed by atoms with Crippen molar-refractivity contribution in [2.45, 2.75) is 19.3 Å². The van der Waals surface area contributed by atoms with Crippen molar-refractivity contribution in [3.8, 4) is 0 Å². The van der Waals surface area contributed by atoms with E-state index in [0.29, 0.717) is 16.7 Å². The molecule has 0 fully saturated rings. The van der Waals surface area contributed by atoms with E-state index in [2.05, 4.69) is 20.8 Å². The largest absolute Gasteiger partial charge is 0.385 e. The van der Waals surface area contributed by atoms with Gasteiger partial charge < -0.3 is 15.4 Å². The van der Waals surface area contributed by atoms with Crippen molar-refractivity contribution in [1.82, 2.24) is 15.5 Å². The lowest BCUT2D eigenvalue weighted by Crippen LogP contribution is -2.24. The Kier molecular flexibility index (Phi) is 6.49. The van der Waals surface area contributed by atoms with Gasteiger partial charge in [-0.15, -0.1) is 10.2 Å². The number of nitrogens with zero attached hydrogens (tertiary/aromatic N) is 2. The number of amides is 1. The topological polar surface area (TPSA) is 76.1 Å². The van der Waals surface area contributed by atoms with Crippen LogP contribution in [0, 0.1) is 0 Å². The van der Waals surface area contributed by atoms with Gasteiger partial charge in [-0.05, 0) is 19.3 Å². The summed E-state index contributed by atoms with van der Waals surface area (Å²) in [7, 11) is 3.44. The molecule has 0 aromatic carbocycles. The minimum atomic E-state index is -0.157. The highest BCUT2D eigenvalue weighted by atomic mass is 32.1. The summed E-state index contributed by atoms with van der Waals surface area (Å²) in [6, 6.07) is 0. The molecule has 0 saturated heterocycles. The SMILES string of the molecule is CNc1nnc(C(=O)NCCCCCOC)s1. The molecule has 2 N–H and O–H groups in total. The molecule has 1 rings (SSSR count). The Balaban J connectivity index is 2.16. The smallest absolute Gasteiger partial charge is 0.282 e. The highest BCUT2D eigenvalue weighted by Gasteiger charge is 2.10. The van der Waals surface area contributed by atoms with Crippen LogP contribution in [0.1, 0.15) is 29.1 Å². The number of hydrogen-bond donors (Lipinski definition) is 2. The molecule has 0 spiro atoms. The van der Waals surface area contributed by atoms with E-state index < -0.39 is 0 Å². The van der Waals surface area contributed by atoms with Crippen molar-refractivity contribution < 1.29 is 9.53 Å². The van der Waals surface area contributed by atoms with Crippen molar-refractivity contribution in [3.05, 3.63) is 5.01 Å². The van der Waals surface area contributed by atoms with Gasteiger partial charge in [-0.25, -0.2) is 0 Å². The fourth-order valence-corrected chi connectivity index (χ4v) is 1.86. The summed E-state index contributed by atoms with van der Waals surface area (Å²) < 4.78 is 4.94. The second kappa shape index (κ2) is 7.97. The molecule has 0 aliphatic carbocycles. The number of rotatable bonds is 8. The molecule has 1 amide bonds. The van der Waals surface area contributed by atoms with Gasteiger partial charge in [0.05, 0.1) is 0 Å². The summed E-state index contributed by atoms with van der Waals surface area (Å²) in [4.78, 5) is 11.6. The van der Waals surface area contributed by atoms with Gasteiger partial charge in [0.25, 0.3) is 5.91 Å². The third-order valence-corrected chi connectivity index (χ3v) is 3.08. The third-order valence-electron chi connectivity index (χ3n) is 2.14. The van der Waals surface area contributed by atoms with Crippen LogP contribution in [-0.2, 0) is 4.74 Å². The second-order valence-electron chi connectivity index (χ2n) is 3.47. The summed E-state index contributed by atoms with van der Waals surface area (Å²) in [5, 5.41) is 14.3. The van der Waals surface area contributed by atoms with E-state index in [1.54, 1.807) is 14.2 Å². The minimum absolute atomic E-state index is 0.157. The lowest BCUT2D eigenvalue weighted by atomic mass is 10.2. The molecule has 7 heteroatoms. The van der Waals surface area contributed by atoms with E-state index in [9.17, 15) is 4.79 Å². The average molecular weight is 258 g/mol. The number of nitrogens with one attached hydrogen (secondary N) is 2. The molecule has 1 aromatic heterocycles. The summed E-state index contributed by atoms with van der Waals surface area (Å²) in [6.07, 6.45) is 3.02. The third kappa shape index (κ3) is 5.10. The van der Waals surface area contributed by atoms with Crippen LogP contribution in [0.2, 0.25) is 0 Å². The Morgan fingerprint density at radius 2 is 2.18 bits per heavy atom. The Bertz CT molecular complexity index is 343. The van der Waals surface area contributed by atoms with E-state index in [0.717, 1.165) is 25.9 Å². The van der Waals surface area contributed by atoms with Gasteiger partial charge in [-0.1, -0.05) is 11.3 Å². The minimum Gasteiger partial charge on any atom is -0.385 e. The van der Waals surface area contributed by atoms with E-state index >= 15 is 0 Å². The zero-order valence-electron chi connectivity index (χ0n) is 10.2. The average Bonchev–Trinajstić information content (AvgIpc) is 2.82. The molecule has 0 aliphatic heterocycles. The van der Waals surface area contributed by atoms with E-state index in [-0.39, 0.29) is 5.91 Å². The fourth-order valence-electron chi connectivity index (χ4n) is 1.24. The van der Waals surface area contributed by atoms with Crippen LogP contribution >= 0.6 is 11.3 Å². The van der Waals surface area contributed by atoms with Gasteiger partial charge in [0.15, 0.2) is 0 Å². The van der Waals surface area contributed by atoms with E-state index in [1.165, 1.54) is 11.3 Å². The molecule has 17 heavy (non-hydrogen) atoms. The molecular formula is C10H18N4O2S. The van der Waals surface area contributed by atoms with Crippen LogP contribution < -0.4 is 10.6 Å². The summed E-state index contributed by atoms with van der Waals surface area (Å²) in [5.74, 6) is -0.157. The first-order valence-electron chi connectivity index (χ1n) is 5.56. The normalized spacial score (nSPS) is 10.2. The highest BCUT2D eigenvalue weighted by Crippen LogP contribution is 2.13. The number of aromatic nitrogens is 2. The van der Waals surface area contributed by atoms with Crippen molar-refractivity contribution in [2.75, 3.05) is 32.6 Å². The van der Waals surface area contributed by atoms with E-state index in [1.807, 2.05) is 0 Å². The molecule has 0 bridgehead atoms. The Morgan fingerprint density at radius 1 is 1.35 bits per heavy atom. The first-order chi connectivity index (χ1) is 8.27. The highest BCUT2D eigenvalue weighted by molar-refractivity contribution is 7.17. The van der Waals surface area contributed by atoms with Gasteiger partial charge in [-0.2, -0.15) is 0 Å². The molecule has 0 atom stereocenters. The lowest BCUT2D eigenvalue weighted by molar-refractivity contribution is 0.0951. The van der Waals surface area contributed by atoms with Gasteiger partial charge >= 0.3 is 0 Å². The van der Waals surface area contributed by atoms with Crippen LogP contribution in [0.15, 0.2) is 0 Å². The van der Waals surface area contributed by atoms with Gasteiger partial charge in [0.1, 0.15) is 0 Å². The lowest BCUT2D eigenvalue weighted by Gasteiger charge is -2.02. The molecular weight excluding hydrogens is 240 g/mol. The second-order valence-corrected chi connectivity index (χ2v) is 4.45. The Labute approximate surface area is 105 Å². The van der Waals surface area contributed by atoms with Crippen LogP contribution in [0.4, 0.5) is 5.13 Å². The molecule has 96 valence electrons. The number of ether oxygens (including phenoxy) is 1. The quantitative estimate of drug-likeness (QED) is 0.683. The number of unbranched alkanes of at least 4 members (excludes halogenated alkanes) is 2. The number of anilines is 1. The van der Waals surface area contributed by atoms with Crippen LogP contribution in [0.25, 0.3) is 0 Å². The monoisotopic (exact) mass is 258 g/mol. The zero-order chi connectivity index (χ0) is 12.5. The fraction of sp³-hybridized carbons (Fsp3) is 0.700. The zero-order valence-corrected chi connectivity index (χ0v) is 11.0. The van der Waals surface area contributed by atoms with Crippen molar-refractivity contribution in [1.29, 1.82) is 0 Å². The standard InChI is InChI=1S/C10H18N4O2S/c1-11-10-14-13-9(17-10)8(15)12-6-4-3-5-7-16-2/h3-7H2,1-2H3,(H,11,14)(H,12,15). The Morgan fingerprint density at radius 3 is 2.82 bits per heavy atom. The molecule has 1 heterocycles. The summed E-state index contributed by atoms with van der Waals surface area (Å²) >= 11 is 1.25. The van der Waals surface area contributed by atoms with Crippen molar-refractivity contribution in [2.24, 2.45) is 0 Å². The van der Waals surface area contributed by atoms with Gasteiger partial charge in [-0.3, -0.25) is 4.79 Å². The maximum atomic E-state index is 11.6. The van der Waals surface area contributed by atoms with Gasteiger partial charge in [0.2, 0.25) is 10.1 Å². The molecule has 1 aromatic rings.